The summed E-state index contributed by atoms with van der Waals surface area (Å²) in [6.45, 7) is 6.38. The monoisotopic (exact) mass is 396 g/mol. The lowest BCUT2D eigenvalue weighted by Crippen LogP contribution is -2.38. The van der Waals surface area contributed by atoms with Gasteiger partial charge in [0.25, 0.3) is 0 Å². The van der Waals surface area contributed by atoms with E-state index in [-0.39, 0.29) is 11.8 Å². The molecule has 140 valence electrons. The van der Waals surface area contributed by atoms with Crippen molar-refractivity contribution in [3.05, 3.63) is 58.9 Å². The molecule has 1 saturated heterocycles. The molecule has 2 aromatic carbocycles. The first-order valence-corrected chi connectivity index (χ1v) is 9.75. The summed E-state index contributed by atoms with van der Waals surface area (Å²) in [4.78, 5) is 12.9. The van der Waals surface area contributed by atoms with Crippen molar-refractivity contribution in [1.29, 1.82) is 0 Å². The summed E-state index contributed by atoms with van der Waals surface area (Å²) in [5.74, 6) is 0.165. The highest BCUT2D eigenvalue weighted by atomic mass is 35.5. The van der Waals surface area contributed by atoms with Gasteiger partial charge in [0.1, 0.15) is 5.82 Å². The quantitative estimate of drug-likeness (QED) is 0.699. The summed E-state index contributed by atoms with van der Waals surface area (Å²) in [7, 11) is 0. The van der Waals surface area contributed by atoms with E-state index in [1.165, 1.54) is 27.8 Å². The molecule has 26 heavy (non-hydrogen) atoms. The summed E-state index contributed by atoms with van der Waals surface area (Å²) in [5, 5.41) is 3.36. The molecule has 0 saturated carbocycles. The van der Waals surface area contributed by atoms with Crippen LogP contribution in [0.15, 0.2) is 47.4 Å². The first kappa shape index (κ1) is 20.5. The van der Waals surface area contributed by atoms with Crippen molar-refractivity contribution < 1.29 is 9.18 Å². The van der Waals surface area contributed by atoms with Crippen molar-refractivity contribution in [3.63, 3.8) is 0 Å². The lowest BCUT2D eigenvalue weighted by molar-refractivity contribution is 0.202. The Morgan fingerprint density at radius 3 is 2.50 bits per heavy atom. The van der Waals surface area contributed by atoms with Crippen molar-refractivity contribution in [2.75, 3.05) is 11.6 Å². The van der Waals surface area contributed by atoms with Gasteiger partial charge in [0.05, 0.1) is 5.69 Å². The van der Waals surface area contributed by atoms with Crippen molar-refractivity contribution in [2.24, 2.45) is 0 Å². The van der Waals surface area contributed by atoms with E-state index in [9.17, 15) is 9.18 Å². The number of hydrogen-bond acceptors (Lipinski definition) is 4. The minimum absolute atomic E-state index is 0.225. The van der Waals surface area contributed by atoms with Gasteiger partial charge >= 0.3 is 6.03 Å². The van der Waals surface area contributed by atoms with Crippen LogP contribution in [-0.4, -0.2) is 17.6 Å². The Bertz CT molecular complexity index is 762. The Morgan fingerprint density at radius 2 is 1.85 bits per heavy atom. The predicted molar refractivity (Wildman–Crippen MR) is 105 cm³/mol. The molecule has 0 radical (unpaired) electrons. The Hall–Kier alpha value is -1.80. The van der Waals surface area contributed by atoms with Crippen LogP contribution in [0.4, 0.5) is 14.9 Å². The molecule has 0 spiro atoms. The van der Waals surface area contributed by atoms with E-state index in [1.54, 1.807) is 36.4 Å². The molecule has 5 nitrogen and oxygen atoms in total. The average molecular weight is 397 g/mol. The molecule has 3 rings (SSSR count). The summed E-state index contributed by atoms with van der Waals surface area (Å²) in [6.07, 6.45) is 0. The predicted octanol–water partition coefficient (Wildman–Crippen LogP) is 4.98. The van der Waals surface area contributed by atoms with Crippen molar-refractivity contribution in [2.45, 2.75) is 31.4 Å². The van der Waals surface area contributed by atoms with E-state index in [1.807, 2.05) is 20.8 Å². The molecular formula is C18H22ClFN4OS. The van der Waals surface area contributed by atoms with Crippen LogP contribution < -0.4 is 16.1 Å². The number of anilines is 1. The van der Waals surface area contributed by atoms with Gasteiger partial charge < -0.3 is 0 Å². The number of thioether (sulfide) groups is 1. The number of benzene rings is 2. The number of rotatable bonds is 5. The fraction of sp³-hybridized carbons (Fsp3) is 0.278. The van der Waals surface area contributed by atoms with Gasteiger partial charge in [-0.05, 0) is 31.2 Å². The Labute approximate surface area is 162 Å². The minimum Gasteiger partial charge on any atom is -0.245 e. The molecule has 0 atom stereocenters. The normalized spacial score (nSPS) is 13.7. The van der Waals surface area contributed by atoms with Gasteiger partial charge in [-0.15, -0.1) is 22.8 Å². The third-order valence-electron chi connectivity index (χ3n) is 3.58. The molecule has 8 heteroatoms. The topological polar surface area (TPSA) is 47.6 Å². The van der Waals surface area contributed by atoms with E-state index >= 15 is 0 Å². The first-order valence-electron chi connectivity index (χ1n) is 8.39. The van der Waals surface area contributed by atoms with Crippen molar-refractivity contribution in [1.82, 2.24) is 16.1 Å². The van der Waals surface area contributed by atoms with Gasteiger partial charge in [0.2, 0.25) is 0 Å². The van der Waals surface area contributed by atoms with E-state index in [4.69, 9.17) is 11.6 Å². The maximum absolute atomic E-state index is 13.8. The summed E-state index contributed by atoms with van der Waals surface area (Å²) < 4.78 is 13.8. The van der Waals surface area contributed by atoms with Crippen LogP contribution in [0.2, 0.25) is 5.02 Å². The molecular weight excluding hydrogens is 375 g/mol. The lowest BCUT2D eigenvalue weighted by Gasteiger charge is -2.19. The second-order valence-corrected chi connectivity index (χ2v) is 6.47. The van der Waals surface area contributed by atoms with Crippen molar-refractivity contribution >= 4 is 35.1 Å². The zero-order valence-electron chi connectivity index (χ0n) is 14.9. The second-order valence-electron chi connectivity index (χ2n) is 5.04. The zero-order chi connectivity index (χ0) is 19.1. The summed E-state index contributed by atoms with van der Waals surface area (Å²) >= 11 is 7.66. The third-order valence-corrected chi connectivity index (χ3v) is 5.01. The largest absolute Gasteiger partial charge is 0.355 e. The maximum Gasteiger partial charge on any atom is 0.355 e. The number of carbonyl (C=O) groups excluding carboxylic acids is 1. The highest BCUT2D eigenvalue weighted by Gasteiger charge is 2.30. The summed E-state index contributed by atoms with van der Waals surface area (Å²) in [6, 6.07) is 11.7. The van der Waals surface area contributed by atoms with Crippen LogP contribution in [0.1, 0.15) is 26.3 Å². The Morgan fingerprint density at radius 1 is 1.12 bits per heavy atom. The first-order chi connectivity index (χ1) is 12.6. The van der Waals surface area contributed by atoms with Gasteiger partial charge in [-0.25, -0.2) is 19.2 Å². The number of hydrogen-bond donors (Lipinski definition) is 2. The van der Waals surface area contributed by atoms with Gasteiger partial charge in [-0.1, -0.05) is 43.6 Å². The van der Waals surface area contributed by atoms with E-state index in [0.717, 1.165) is 5.56 Å². The SMILES string of the molecule is CC.CCN1NNN(c2cccc(Cl)c2CSc2ccccc2F)C1=O. The van der Waals surface area contributed by atoms with Crippen LogP contribution in [0.3, 0.4) is 0 Å². The highest BCUT2D eigenvalue weighted by molar-refractivity contribution is 7.98. The molecule has 2 N–H and O–H groups in total. The smallest absolute Gasteiger partial charge is 0.245 e. The molecule has 0 aliphatic carbocycles. The molecule has 2 aromatic rings. The van der Waals surface area contributed by atoms with Gasteiger partial charge in [-0.2, -0.15) is 0 Å². The number of hydrazine groups is 3. The Balaban J connectivity index is 0.00000117. The zero-order valence-corrected chi connectivity index (χ0v) is 16.5. The molecule has 1 fully saturated rings. The van der Waals surface area contributed by atoms with E-state index in [0.29, 0.717) is 27.9 Å². The van der Waals surface area contributed by atoms with E-state index < -0.39 is 0 Å². The standard InChI is InChI=1S/C16H16ClFN4OS.C2H6/c1-2-21-16(23)22(20-19-21)14-8-5-6-12(17)11(14)10-24-15-9-4-3-7-13(15)18;1-2/h3-9,19-20H,2,10H2,1H3;1-2H3. The fourth-order valence-electron chi connectivity index (χ4n) is 2.32. The van der Waals surface area contributed by atoms with Gasteiger partial charge in [0, 0.05) is 27.8 Å². The van der Waals surface area contributed by atoms with Gasteiger partial charge in [0.15, 0.2) is 0 Å². The highest BCUT2D eigenvalue weighted by Crippen LogP contribution is 2.34. The molecule has 0 bridgehead atoms. The third kappa shape index (κ3) is 4.48. The molecule has 0 aromatic heterocycles. The molecule has 1 heterocycles. The van der Waals surface area contributed by atoms with Crippen molar-refractivity contribution in [3.8, 4) is 0 Å². The van der Waals surface area contributed by atoms with Crippen LogP contribution in [0, 0.1) is 5.82 Å². The minimum atomic E-state index is -0.273. The number of urea groups is 1. The number of amides is 2. The van der Waals surface area contributed by atoms with Gasteiger partial charge in [-0.3, -0.25) is 0 Å². The van der Waals surface area contributed by atoms with Crippen LogP contribution in [-0.2, 0) is 5.75 Å². The summed E-state index contributed by atoms with van der Waals surface area (Å²) in [5.41, 5.74) is 7.00. The molecule has 2 amide bonds. The molecule has 1 aliphatic rings. The van der Waals surface area contributed by atoms with Crippen LogP contribution in [0.25, 0.3) is 0 Å². The molecule has 1 aliphatic heterocycles. The van der Waals surface area contributed by atoms with Crippen LogP contribution >= 0.6 is 23.4 Å². The Kier molecular flexibility index (Phi) is 7.71. The second kappa shape index (κ2) is 9.78. The van der Waals surface area contributed by atoms with Crippen LogP contribution in [0.5, 0.6) is 0 Å². The number of nitrogens with zero attached hydrogens (tertiary/aromatic N) is 2. The van der Waals surface area contributed by atoms with E-state index in [2.05, 4.69) is 11.1 Å². The number of nitrogens with one attached hydrogen (secondary N) is 2. The lowest BCUT2D eigenvalue weighted by atomic mass is 10.2. The maximum atomic E-state index is 13.8. The fourth-order valence-corrected chi connectivity index (χ4v) is 3.62. The number of carbonyl (C=O) groups is 1. The average Bonchev–Trinajstić information content (AvgIpc) is 3.04. The number of halogens is 2. The molecule has 0 unspecified atom stereocenters.